The molecule has 0 spiro atoms. The lowest BCUT2D eigenvalue weighted by atomic mass is 9.98. The number of benzene rings is 2. The normalized spacial score (nSPS) is 20.0. The molecule has 1 aliphatic rings. The molecule has 1 fully saturated rings. The molecule has 0 radical (unpaired) electrons. The predicted molar refractivity (Wildman–Crippen MR) is 163 cm³/mol. The zero-order valence-corrected chi connectivity index (χ0v) is 27.2. The first-order chi connectivity index (χ1) is 23.1. The van der Waals surface area contributed by atoms with Crippen LogP contribution in [0.25, 0.3) is 22.3 Å². The third-order valence-electron chi connectivity index (χ3n) is 6.62. The molecule has 0 saturated carbocycles. The molecular formula is C33H32O16. The maximum Gasteiger partial charge on any atom is 0.308 e. The number of carbonyl (C=O) groups excluding carboxylic acids is 6. The van der Waals surface area contributed by atoms with Crippen LogP contribution in [0.5, 0.6) is 17.2 Å². The third-order valence-corrected chi connectivity index (χ3v) is 6.62. The van der Waals surface area contributed by atoms with E-state index in [1.807, 2.05) is 0 Å². The van der Waals surface area contributed by atoms with Crippen LogP contribution in [0.1, 0.15) is 41.5 Å². The van der Waals surface area contributed by atoms with Gasteiger partial charge >= 0.3 is 35.8 Å². The second-order valence-corrected chi connectivity index (χ2v) is 10.7. The van der Waals surface area contributed by atoms with Crippen LogP contribution in [-0.2, 0) is 52.5 Å². The van der Waals surface area contributed by atoms with E-state index in [1.165, 1.54) is 37.3 Å². The van der Waals surface area contributed by atoms with E-state index in [9.17, 15) is 33.6 Å². The van der Waals surface area contributed by atoms with Gasteiger partial charge in [0.25, 0.3) is 0 Å². The molecule has 5 atom stereocenters. The number of esters is 6. The Kier molecular flexibility index (Phi) is 11.4. The molecule has 1 aromatic heterocycles. The zero-order chi connectivity index (χ0) is 36.0. The Balaban J connectivity index is 1.82. The molecule has 0 amide bonds. The van der Waals surface area contributed by atoms with Crippen molar-refractivity contribution in [3.05, 3.63) is 52.7 Å². The van der Waals surface area contributed by atoms with Gasteiger partial charge in [0, 0.05) is 65.3 Å². The van der Waals surface area contributed by atoms with Gasteiger partial charge in [-0.2, -0.15) is 0 Å². The first-order valence-electron chi connectivity index (χ1n) is 14.7. The van der Waals surface area contributed by atoms with Gasteiger partial charge in [-0.05, 0) is 24.3 Å². The van der Waals surface area contributed by atoms with Gasteiger partial charge in [-0.1, -0.05) is 0 Å². The van der Waals surface area contributed by atoms with Crippen molar-refractivity contribution in [3.63, 3.8) is 0 Å². The maximum absolute atomic E-state index is 13.3. The van der Waals surface area contributed by atoms with Gasteiger partial charge < -0.3 is 42.3 Å². The molecule has 1 saturated heterocycles. The van der Waals surface area contributed by atoms with E-state index in [0.717, 1.165) is 34.6 Å². The van der Waals surface area contributed by atoms with Gasteiger partial charge in [0.2, 0.25) is 12.4 Å². The summed E-state index contributed by atoms with van der Waals surface area (Å²) >= 11 is 0. The van der Waals surface area contributed by atoms with Crippen molar-refractivity contribution in [1.29, 1.82) is 0 Å². The lowest BCUT2D eigenvalue weighted by Crippen LogP contribution is -2.63. The molecule has 0 aliphatic carbocycles. The molecule has 0 bridgehead atoms. The van der Waals surface area contributed by atoms with E-state index < -0.39 is 78.6 Å². The second kappa shape index (κ2) is 15.4. The van der Waals surface area contributed by atoms with Crippen molar-refractivity contribution in [1.82, 2.24) is 0 Å². The van der Waals surface area contributed by atoms with Crippen molar-refractivity contribution in [3.8, 4) is 28.6 Å². The van der Waals surface area contributed by atoms with Crippen molar-refractivity contribution in [2.24, 2.45) is 0 Å². The van der Waals surface area contributed by atoms with Crippen molar-refractivity contribution >= 4 is 46.8 Å². The van der Waals surface area contributed by atoms with E-state index in [1.54, 1.807) is 12.1 Å². The topological polar surface area (TPSA) is 206 Å². The molecule has 3 aromatic rings. The Labute approximate surface area is 278 Å². The highest BCUT2D eigenvalue weighted by atomic mass is 16.7. The van der Waals surface area contributed by atoms with Gasteiger partial charge in [0.15, 0.2) is 17.6 Å². The first kappa shape index (κ1) is 36.1. The van der Waals surface area contributed by atoms with Crippen LogP contribution in [0.3, 0.4) is 0 Å². The molecule has 0 N–H and O–H groups in total. The van der Waals surface area contributed by atoms with Crippen molar-refractivity contribution in [2.45, 2.75) is 72.2 Å². The quantitative estimate of drug-likeness (QED) is 0.171. The van der Waals surface area contributed by atoms with E-state index in [4.69, 9.17) is 42.3 Å². The molecule has 260 valence electrons. The molecule has 2 aromatic carbocycles. The van der Waals surface area contributed by atoms with Gasteiger partial charge in [-0.25, -0.2) is 0 Å². The average Bonchev–Trinajstić information content (AvgIpc) is 2.98. The molecule has 16 nitrogen and oxygen atoms in total. The van der Waals surface area contributed by atoms with E-state index in [0.29, 0.717) is 5.56 Å². The van der Waals surface area contributed by atoms with Gasteiger partial charge in [0.1, 0.15) is 46.7 Å². The highest BCUT2D eigenvalue weighted by Crippen LogP contribution is 2.36. The minimum Gasteiger partial charge on any atom is -0.463 e. The molecule has 49 heavy (non-hydrogen) atoms. The number of fused-ring (bicyclic) bond motifs is 1. The highest BCUT2D eigenvalue weighted by molar-refractivity contribution is 5.88. The lowest BCUT2D eigenvalue weighted by Gasteiger charge is -2.43. The van der Waals surface area contributed by atoms with Crippen LogP contribution in [0, 0.1) is 0 Å². The summed E-state index contributed by atoms with van der Waals surface area (Å²) in [4.78, 5) is 84.7. The van der Waals surface area contributed by atoms with Crippen molar-refractivity contribution < 1.29 is 71.1 Å². The summed E-state index contributed by atoms with van der Waals surface area (Å²) in [5.41, 5.74) is -0.267. The van der Waals surface area contributed by atoms with Crippen LogP contribution in [0.4, 0.5) is 0 Å². The van der Waals surface area contributed by atoms with Gasteiger partial charge in [-0.3, -0.25) is 33.6 Å². The van der Waals surface area contributed by atoms with Crippen molar-refractivity contribution in [2.75, 3.05) is 6.61 Å². The largest absolute Gasteiger partial charge is 0.463 e. The maximum atomic E-state index is 13.3. The SMILES string of the molecule is CC(=O)OC[C@H]1O[C@@H](Oc2cc(OC(C)=O)c3c(=O)cc(-c4ccc(OC(C)=O)cc4)oc3c2)[C@H](OC(C)=O)[C@@H](OC(C)=O)[C@@H]1OC(C)=O. The molecule has 4 rings (SSSR count). The fourth-order valence-corrected chi connectivity index (χ4v) is 4.94. The van der Waals surface area contributed by atoms with Crippen LogP contribution >= 0.6 is 0 Å². The first-order valence-corrected chi connectivity index (χ1v) is 14.7. The molecule has 16 heteroatoms. The summed E-state index contributed by atoms with van der Waals surface area (Å²) in [7, 11) is 0. The Morgan fingerprint density at radius 2 is 1.24 bits per heavy atom. The molecule has 2 heterocycles. The smallest absolute Gasteiger partial charge is 0.308 e. The van der Waals surface area contributed by atoms with E-state index >= 15 is 0 Å². The molecule has 0 unspecified atom stereocenters. The summed E-state index contributed by atoms with van der Waals surface area (Å²) in [6, 6.07) is 9.72. The summed E-state index contributed by atoms with van der Waals surface area (Å²) in [5, 5.41) is -0.121. The molecular weight excluding hydrogens is 652 g/mol. The fourth-order valence-electron chi connectivity index (χ4n) is 4.94. The van der Waals surface area contributed by atoms with E-state index in [2.05, 4.69) is 0 Å². The lowest BCUT2D eigenvalue weighted by molar-refractivity contribution is -0.288. The Bertz CT molecular complexity index is 1820. The second-order valence-electron chi connectivity index (χ2n) is 10.7. The highest BCUT2D eigenvalue weighted by Gasteiger charge is 2.53. The standard InChI is InChI=1S/C33H32O16/c1-15(34)41-14-28-30(44-18(4)37)31(45-19(5)38)32(46-20(6)39)33(49-28)47-23-11-26(43-17(3)36)29-24(40)13-25(48-27(29)12-23)21-7-9-22(10-8-21)42-16(2)35/h7-13,28,30-33H,14H2,1-6H3/t28-,30-,31+,32-,33-/m1/s1. The van der Waals surface area contributed by atoms with Crippen LogP contribution < -0.4 is 19.6 Å². The van der Waals surface area contributed by atoms with Gasteiger partial charge in [-0.15, -0.1) is 0 Å². The Hall–Kier alpha value is -5.77. The fraction of sp³-hybridized carbons (Fsp3) is 0.364. The minimum absolute atomic E-state index is 0.0881. The summed E-state index contributed by atoms with van der Waals surface area (Å²) < 4.78 is 49.7. The Morgan fingerprint density at radius 1 is 0.653 bits per heavy atom. The number of hydrogen-bond donors (Lipinski definition) is 0. The Morgan fingerprint density at radius 3 is 1.82 bits per heavy atom. The predicted octanol–water partition coefficient (Wildman–Crippen LogP) is 2.77. The summed E-state index contributed by atoms with van der Waals surface area (Å²) in [6.07, 6.45) is -7.45. The van der Waals surface area contributed by atoms with E-state index in [-0.39, 0.29) is 34.0 Å². The number of rotatable bonds is 10. The monoisotopic (exact) mass is 684 g/mol. The summed E-state index contributed by atoms with van der Waals surface area (Å²) in [5.74, 6) is -4.57. The molecule has 1 aliphatic heterocycles. The average molecular weight is 685 g/mol. The van der Waals surface area contributed by atoms with Crippen LogP contribution in [0.2, 0.25) is 0 Å². The zero-order valence-electron chi connectivity index (χ0n) is 27.2. The number of hydrogen-bond acceptors (Lipinski definition) is 16. The third kappa shape index (κ3) is 9.41. The van der Waals surface area contributed by atoms with Gasteiger partial charge in [0.05, 0.1) is 0 Å². The number of carbonyl (C=O) groups is 6. The number of ether oxygens (including phenoxy) is 8. The van der Waals surface area contributed by atoms with Crippen LogP contribution in [0.15, 0.2) is 51.7 Å². The summed E-state index contributed by atoms with van der Waals surface area (Å²) in [6.45, 7) is 6.21. The van der Waals surface area contributed by atoms with Crippen LogP contribution in [-0.4, -0.2) is 73.1 Å². The minimum atomic E-state index is -1.63.